The molecule has 2 aromatic carbocycles. The van der Waals surface area contributed by atoms with Gasteiger partial charge in [-0.15, -0.1) is 0 Å². The van der Waals surface area contributed by atoms with Gasteiger partial charge in [-0.1, -0.05) is 18.2 Å². The van der Waals surface area contributed by atoms with Gasteiger partial charge >= 0.3 is 0 Å². The fourth-order valence-corrected chi connectivity index (χ4v) is 3.90. The lowest BCUT2D eigenvalue weighted by Crippen LogP contribution is -2.37. The van der Waals surface area contributed by atoms with Crippen LogP contribution in [0.25, 0.3) is 10.9 Å². The molecule has 3 aromatic rings. The average molecular weight is 418 g/mol. The maximum absolute atomic E-state index is 12.7. The number of hydrazine groups is 1. The molecule has 2 amide bonds. The monoisotopic (exact) mass is 418 g/mol. The fraction of sp³-hybridized carbons (Fsp3) is 0.261. The quantitative estimate of drug-likeness (QED) is 0.633. The lowest BCUT2D eigenvalue weighted by atomic mass is 10.1. The molecule has 2 aliphatic rings. The molecule has 8 nitrogen and oxygen atoms in total. The summed E-state index contributed by atoms with van der Waals surface area (Å²) in [5.74, 6) is 1.05. The van der Waals surface area contributed by atoms with Crippen LogP contribution >= 0.6 is 0 Å². The topological polar surface area (TPSA) is 92.8 Å². The Morgan fingerprint density at radius 1 is 1.10 bits per heavy atom. The molecule has 1 aromatic heterocycles. The smallest absolute Gasteiger partial charge is 0.243 e. The molecule has 1 fully saturated rings. The van der Waals surface area contributed by atoms with E-state index in [0.717, 1.165) is 16.5 Å². The van der Waals surface area contributed by atoms with Crippen LogP contribution in [0, 0.1) is 12.8 Å². The summed E-state index contributed by atoms with van der Waals surface area (Å²) in [7, 11) is 0. The Morgan fingerprint density at radius 2 is 1.90 bits per heavy atom. The highest BCUT2D eigenvalue weighted by Gasteiger charge is 2.35. The molecule has 1 atom stereocenters. The van der Waals surface area contributed by atoms with Gasteiger partial charge in [0.2, 0.25) is 11.8 Å². The second kappa shape index (κ2) is 7.79. The third-order valence-corrected chi connectivity index (χ3v) is 5.55. The van der Waals surface area contributed by atoms with Crippen molar-refractivity contribution in [2.24, 2.45) is 5.92 Å². The number of carbonyl (C=O) groups excluding carboxylic acids is 2. The number of nitrogens with zero attached hydrogens (tertiary/aromatic N) is 2. The van der Waals surface area contributed by atoms with Crippen LogP contribution in [0.5, 0.6) is 11.5 Å². The summed E-state index contributed by atoms with van der Waals surface area (Å²) in [5, 5.41) is 1.04. The molecule has 0 radical (unpaired) electrons. The molecule has 2 N–H and O–H groups in total. The molecule has 0 saturated carbocycles. The predicted octanol–water partition coefficient (Wildman–Crippen LogP) is 2.81. The van der Waals surface area contributed by atoms with E-state index in [9.17, 15) is 9.59 Å². The Bertz CT molecular complexity index is 1180. The number of pyridine rings is 1. The van der Waals surface area contributed by atoms with Crippen molar-refractivity contribution in [1.29, 1.82) is 0 Å². The third-order valence-electron chi connectivity index (χ3n) is 5.55. The number of aromatic nitrogens is 1. The number of fused-ring (bicyclic) bond motifs is 2. The molecule has 0 bridgehead atoms. The SMILES string of the molecule is Cc1cc2ccccc2nc1NNC(=O)C1CC(=O)N(c2ccc3c(c2)OCCO3)C1. The molecule has 8 heteroatoms. The van der Waals surface area contributed by atoms with E-state index < -0.39 is 5.92 Å². The van der Waals surface area contributed by atoms with Gasteiger partial charge in [-0.25, -0.2) is 4.98 Å². The van der Waals surface area contributed by atoms with Gasteiger partial charge in [-0.2, -0.15) is 0 Å². The van der Waals surface area contributed by atoms with Gasteiger partial charge in [0.05, 0.1) is 11.4 Å². The summed E-state index contributed by atoms with van der Waals surface area (Å²) < 4.78 is 11.1. The van der Waals surface area contributed by atoms with E-state index in [4.69, 9.17) is 9.47 Å². The van der Waals surface area contributed by atoms with E-state index in [2.05, 4.69) is 15.8 Å². The van der Waals surface area contributed by atoms with Crippen molar-refractivity contribution in [3.63, 3.8) is 0 Å². The van der Waals surface area contributed by atoms with Crippen molar-refractivity contribution in [1.82, 2.24) is 10.4 Å². The highest BCUT2D eigenvalue weighted by atomic mass is 16.6. The third kappa shape index (κ3) is 3.72. The normalized spacial score (nSPS) is 17.6. The second-order valence-electron chi connectivity index (χ2n) is 7.69. The second-order valence-corrected chi connectivity index (χ2v) is 7.69. The molecule has 5 rings (SSSR count). The average Bonchev–Trinajstić information content (AvgIpc) is 3.19. The zero-order valence-corrected chi connectivity index (χ0v) is 17.1. The van der Waals surface area contributed by atoms with Crippen molar-refractivity contribution in [3.05, 3.63) is 54.1 Å². The highest BCUT2D eigenvalue weighted by molar-refractivity contribution is 6.00. The van der Waals surface area contributed by atoms with Gasteiger partial charge in [-0.05, 0) is 36.8 Å². The number of para-hydroxylation sites is 1. The van der Waals surface area contributed by atoms with Crippen LogP contribution in [0.1, 0.15) is 12.0 Å². The van der Waals surface area contributed by atoms with Crippen LogP contribution in [0.4, 0.5) is 11.5 Å². The minimum absolute atomic E-state index is 0.100. The summed E-state index contributed by atoms with van der Waals surface area (Å²) in [4.78, 5) is 31.5. The predicted molar refractivity (Wildman–Crippen MR) is 116 cm³/mol. The summed E-state index contributed by atoms with van der Waals surface area (Å²) in [6.07, 6.45) is 0.145. The maximum Gasteiger partial charge on any atom is 0.243 e. The number of nitrogens with one attached hydrogen (secondary N) is 2. The number of ether oxygens (including phenoxy) is 2. The van der Waals surface area contributed by atoms with Crippen molar-refractivity contribution >= 4 is 34.2 Å². The van der Waals surface area contributed by atoms with Gasteiger partial charge in [0.25, 0.3) is 0 Å². The van der Waals surface area contributed by atoms with Crippen LogP contribution in [0.2, 0.25) is 0 Å². The molecular weight excluding hydrogens is 396 g/mol. The Kier molecular flexibility index (Phi) is 4.82. The number of anilines is 2. The maximum atomic E-state index is 12.7. The van der Waals surface area contributed by atoms with E-state index >= 15 is 0 Å². The van der Waals surface area contributed by atoms with E-state index in [1.54, 1.807) is 17.0 Å². The van der Waals surface area contributed by atoms with Crippen molar-refractivity contribution < 1.29 is 19.1 Å². The minimum atomic E-state index is -0.464. The van der Waals surface area contributed by atoms with Crippen molar-refractivity contribution in [2.45, 2.75) is 13.3 Å². The van der Waals surface area contributed by atoms with E-state index in [0.29, 0.717) is 42.8 Å². The Morgan fingerprint density at radius 3 is 2.77 bits per heavy atom. The first-order chi connectivity index (χ1) is 15.1. The Labute approximate surface area is 179 Å². The molecule has 0 spiro atoms. The fourth-order valence-electron chi connectivity index (χ4n) is 3.90. The first-order valence-electron chi connectivity index (χ1n) is 10.2. The highest BCUT2D eigenvalue weighted by Crippen LogP contribution is 2.36. The molecule has 3 heterocycles. The molecular formula is C23H22N4O4. The largest absolute Gasteiger partial charge is 0.486 e. The molecule has 2 aliphatic heterocycles. The number of carbonyl (C=O) groups is 2. The van der Waals surface area contributed by atoms with Gasteiger partial charge in [0.15, 0.2) is 11.5 Å². The summed E-state index contributed by atoms with van der Waals surface area (Å²) in [6.45, 7) is 3.21. The van der Waals surface area contributed by atoms with E-state index in [1.807, 2.05) is 43.3 Å². The standard InChI is InChI=1S/C23H22N4O4/c1-14-10-15-4-2-3-5-18(15)24-22(14)25-26-23(29)16-11-21(28)27(13-16)17-6-7-19-20(12-17)31-9-8-30-19/h2-7,10,12,16H,8-9,11,13H2,1H3,(H,24,25)(H,26,29). The number of benzene rings is 2. The lowest BCUT2D eigenvalue weighted by molar-refractivity contribution is -0.125. The molecule has 158 valence electrons. The number of hydrogen-bond donors (Lipinski definition) is 2. The number of hydrogen-bond acceptors (Lipinski definition) is 6. The zero-order valence-electron chi connectivity index (χ0n) is 17.1. The Balaban J connectivity index is 1.26. The van der Waals surface area contributed by atoms with E-state index in [-0.39, 0.29) is 18.2 Å². The van der Waals surface area contributed by atoms with Crippen LogP contribution in [-0.2, 0) is 9.59 Å². The van der Waals surface area contributed by atoms with Crippen LogP contribution in [-0.4, -0.2) is 36.6 Å². The molecule has 0 aliphatic carbocycles. The number of amides is 2. The molecule has 1 unspecified atom stereocenters. The van der Waals surface area contributed by atoms with Crippen LogP contribution in [0.15, 0.2) is 48.5 Å². The summed E-state index contributed by atoms with van der Waals surface area (Å²) in [5.41, 5.74) is 8.08. The molecule has 31 heavy (non-hydrogen) atoms. The van der Waals surface area contributed by atoms with Crippen molar-refractivity contribution in [3.8, 4) is 11.5 Å². The van der Waals surface area contributed by atoms with Gasteiger partial charge < -0.3 is 14.4 Å². The van der Waals surface area contributed by atoms with Gasteiger partial charge in [-0.3, -0.25) is 20.4 Å². The van der Waals surface area contributed by atoms with Gasteiger partial charge in [0.1, 0.15) is 19.0 Å². The molecule has 1 saturated heterocycles. The number of rotatable bonds is 4. The number of aryl methyl sites for hydroxylation is 1. The minimum Gasteiger partial charge on any atom is -0.486 e. The van der Waals surface area contributed by atoms with Crippen LogP contribution < -0.4 is 25.2 Å². The van der Waals surface area contributed by atoms with E-state index in [1.165, 1.54) is 0 Å². The lowest BCUT2D eigenvalue weighted by Gasteiger charge is -2.22. The summed E-state index contributed by atoms with van der Waals surface area (Å²) in [6, 6.07) is 15.2. The first-order valence-corrected chi connectivity index (χ1v) is 10.2. The first kappa shape index (κ1) is 19.2. The van der Waals surface area contributed by atoms with Gasteiger partial charge in [0, 0.05) is 30.1 Å². The Hall–Kier alpha value is -3.81. The zero-order chi connectivity index (χ0) is 21.4. The van der Waals surface area contributed by atoms with Crippen molar-refractivity contribution in [2.75, 3.05) is 30.1 Å². The van der Waals surface area contributed by atoms with Crippen LogP contribution in [0.3, 0.4) is 0 Å². The summed E-state index contributed by atoms with van der Waals surface area (Å²) >= 11 is 0.